The Morgan fingerprint density at radius 3 is 2.60 bits per heavy atom. The Morgan fingerprint density at radius 1 is 1.47 bits per heavy atom. The van der Waals surface area contributed by atoms with E-state index < -0.39 is 6.09 Å². The van der Waals surface area contributed by atoms with Crippen LogP contribution < -0.4 is 4.90 Å². The van der Waals surface area contributed by atoms with Crippen LogP contribution in [0, 0.1) is 6.92 Å². The highest BCUT2D eigenvalue weighted by Gasteiger charge is 2.22. The molecule has 1 N–H and O–H groups in total. The molecule has 0 aromatic carbocycles. The molecule has 15 heavy (non-hydrogen) atoms. The molecule has 1 aliphatic heterocycles. The molecule has 1 fully saturated rings. The molecule has 1 saturated heterocycles. The number of hydrogen-bond acceptors (Lipinski definition) is 4. The van der Waals surface area contributed by atoms with Crippen LogP contribution >= 0.6 is 11.3 Å². The Labute approximate surface area is 92.0 Å². The molecule has 0 spiro atoms. The molecule has 0 aliphatic carbocycles. The van der Waals surface area contributed by atoms with Crippen molar-refractivity contribution in [1.29, 1.82) is 0 Å². The molecule has 2 heterocycles. The van der Waals surface area contributed by atoms with Crippen molar-refractivity contribution in [3.63, 3.8) is 0 Å². The Balaban J connectivity index is 2.00. The molecule has 82 valence electrons. The highest BCUT2D eigenvalue weighted by Crippen LogP contribution is 2.25. The van der Waals surface area contributed by atoms with Gasteiger partial charge < -0.3 is 14.9 Å². The van der Waals surface area contributed by atoms with E-state index in [0.717, 1.165) is 18.8 Å². The van der Waals surface area contributed by atoms with Gasteiger partial charge in [-0.2, -0.15) is 0 Å². The van der Waals surface area contributed by atoms with Crippen molar-refractivity contribution in [2.24, 2.45) is 0 Å². The average molecular weight is 227 g/mol. The lowest BCUT2D eigenvalue weighted by atomic mass is 10.3. The predicted molar refractivity (Wildman–Crippen MR) is 58.7 cm³/mol. The first-order valence-corrected chi connectivity index (χ1v) is 5.69. The second-order valence-electron chi connectivity index (χ2n) is 3.50. The summed E-state index contributed by atoms with van der Waals surface area (Å²) in [5.74, 6) is 0. The molecule has 0 radical (unpaired) electrons. The van der Waals surface area contributed by atoms with Gasteiger partial charge in [0.25, 0.3) is 0 Å². The van der Waals surface area contributed by atoms with E-state index in [4.69, 9.17) is 5.11 Å². The van der Waals surface area contributed by atoms with Crippen molar-refractivity contribution in [3.05, 3.63) is 11.2 Å². The Morgan fingerprint density at radius 2 is 2.13 bits per heavy atom. The van der Waals surface area contributed by atoms with Crippen molar-refractivity contribution in [2.75, 3.05) is 31.1 Å². The minimum absolute atomic E-state index is 0.576. The van der Waals surface area contributed by atoms with Gasteiger partial charge in [-0.15, -0.1) is 11.3 Å². The van der Waals surface area contributed by atoms with Crippen LogP contribution in [0.25, 0.3) is 0 Å². The summed E-state index contributed by atoms with van der Waals surface area (Å²) in [4.78, 5) is 18.6. The Hall–Kier alpha value is -1.30. The van der Waals surface area contributed by atoms with Gasteiger partial charge in [0, 0.05) is 26.2 Å². The van der Waals surface area contributed by atoms with E-state index in [0.29, 0.717) is 13.1 Å². The normalized spacial score (nSPS) is 16.9. The van der Waals surface area contributed by atoms with E-state index in [1.807, 2.05) is 12.4 Å². The van der Waals surface area contributed by atoms with Crippen LogP contribution in [0.15, 0.2) is 5.51 Å². The zero-order valence-electron chi connectivity index (χ0n) is 8.51. The number of amides is 1. The van der Waals surface area contributed by atoms with Crippen molar-refractivity contribution in [2.45, 2.75) is 6.92 Å². The second-order valence-corrected chi connectivity index (χ2v) is 4.33. The van der Waals surface area contributed by atoms with Crippen LogP contribution in [0.4, 0.5) is 9.80 Å². The van der Waals surface area contributed by atoms with Crippen LogP contribution in [-0.2, 0) is 0 Å². The van der Waals surface area contributed by atoms with Gasteiger partial charge in [-0.1, -0.05) is 0 Å². The van der Waals surface area contributed by atoms with Gasteiger partial charge >= 0.3 is 6.09 Å². The number of carboxylic acid groups (broad SMARTS) is 1. The van der Waals surface area contributed by atoms with Crippen LogP contribution in [-0.4, -0.2) is 47.3 Å². The maximum absolute atomic E-state index is 10.7. The summed E-state index contributed by atoms with van der Waals surface area (Å²) >= 11 is 1.61. The first-order chi connectivity index (χ1) is 7.18. The van der Waals surface area contributed by atoms with E-state index in [-0.39, 0.29) is 0 Å². The number of piperazine rings is 1. The highest BCUT2D eigenvalue weighted by molar-refractivity contribution is 7.14. The molecular weight excluding hydrogens is 214 g/mol. The zero-order chi connectivity index (χ0) is 10.8. The smallest absolute Gasteiger partial charge is 0.407 e. The lowest BCUT2D eigenvalue weighted by Gasteiger charge is -2.33. The number of rotatable bonds is 1. The van der Waals surface area contributed by atoms with Gasteiger partial charge in [-0.3, -0.25) is 0 Å². The van der Waals surface area contributed by atoms with Crippen LogP contribution in [0.3, 0.4) is 0 Å². The number of anilines is 1. The first kappa shape index (κ1) is 10.2. The summed E-state index contributed by atoms with van der Waals surface area (Å²) in [5, 5.41) is 9.97. The molecule has 1 amide bonds. The standard InChI is InChI=1S/C9H13N3O2S/c1-7-8(15-6-10-7)11-2-4-12(5-3-11)9(13)14/h6H,2-5H2,1H3,(H,13,14). The van der Waals surface area contributed by atoms with E-state index in [1.54, 1.807) is 11.3 Å². The van der Waals surface area contributed by atoms with Gasteiger partial charge in [0.2, 0.25) is 0 Å². The average Bonchev–Trinajstić information content (AvgIpc) is 2.65. The molecule has 1 aliphatic rings. The Kier molecular flexibility index (Phi) is 2.77. The number of hydrogen-bond donors (Lipinski definition) is 1. The summed E-state index contributed by atoms with van der Waals surface area (Å²) in [6, 6.07) is 0. The lowest BCUT2D eigenvalue weighted by Crippen LogP contribution is -2.48. The van der Waals surface area contributed by atoms with Gasteiger partial charge in [0.05, 0.1) is 11.2 Å². The summed E-state index contributed by atoms with van der Waals surface area (Å²) in [6.45, 7) is 4.65. The quantitative estimate of drug-likeness (QED) is 0.784. The fourth-order valence-electron chi connectivity index (χ4n) is 1.70. The molecule has 6 heteroatoms. The topological polar surface area (TPSA) is 56.7 Å². The third-order valence-corrected chi connectivity index (χ3v) is 3.55. The number of aryl methyl sites for hydroxylation is 1. The van der Waals surface area contributed by atoms with Crippen molar-refractivity contribution >= 4 is 22.4 Å². The van der Waals surface area contributed by atoms with E-state index >= 15 is 0 Å². The summed E-state index contributed by atoms with van der Waals surface area (Å²) in [7, 11) is 0. The van der Waals surface area contributed by atoms with E-state index in [2.05, 4.69) is 9.88 Å². The molecule has 0 saturated carbocycles. The molecule has 0 bridgehead atoms. The molecule has 5 nitrogen and oxygen atoms in total. The molecule has 0 atom stereocenters. The second kappa shape index (κ2) is 4.06. The number of nitrogens with zero attached hydrogens (tertiary/aromatic N) is 3. The maximum atomic E-state index is 10.7. The van der Waals surface area contributed by atoms with Crippen LogP contribution in [0.1, 0.15) is 5.69 Å². The minimum atomic E-state index is -0.823. The fraction of sp³-hybridized carbons (Fsp3) is 0.556. The highest BCUT2D eigenvalue weighted by atomic mass is 32.1. The number of aromatic nitrogens is 1. The SMILES string of the molecule is Cc1ncsc1N1CCN(C(=O)O)CC1. The fourth-order valence-corrected chi connectivity index (χ4v) is 2.57. The third-order valence-electron chi connectivity index (χ3n) is 2.56. The molecule has 1 aromatic heterocycles. The van der Waals surface area contributed by atoms with Gasteiger partial charge in [0.1, 0.15) is 5.00 Å². The number of thiazole rings is 1. The minimum Gasteiger partial charge on any atom is -0.465 e. The van der Waals surface area contributed by atoms with Crippen LogP contribution in [0.5, 0.6) is 0 Å². The van der Waals surface area contributed by atoms with Crippen molar-refractivity contribution in [1.82, 2.24) is 9.88 Å². The monoisotopic (exact) mass is 227 g/mol. The number of carbonyl (C=O) groups is 1. The van der Waals surface area contributed by atoms with Crippen molar-refractivity contribution in [3.8, 4) is 0 Å². The predicted octanol–water partition coefficient (Wildman–Crippen LogP) is 1.25. The van der Waals surface area contributed by atoms with Gasteiger partial charge in [-0.05, 0) is 6.92 Å². The first-order valence-electron chi connectivity index (χ1n) is 4.81. The molecular formula is C9H13N3O2S. The van der Waals surface area contributed by atoms with E-state index in [1.165, 1.54) is 9.90 Å². The molecule has 0 unspecified atom stereocenters. The van der Waals surface area contributed by atoms with Crippen LogP contribution in [0.2, 0.25) is 0 Å². The maximum Gasteiger partial charge on any atom is 0.407 e. The van der Waals surface area contributed by atoms with Gasteiger partial charge in [-0.25, -0.2) is 9.78 Å². The summed E-state index contributed by atoms with van der Waals surface area (Å²) < 4.78 is 0. The van der Waals surface area contributed by atoms with Gasteiger partial charge in [0.15, 0.2) is 0 Å². The summed E-state index contributed by atoms with van der Waals surface area (Å²) in [5.41, 5.74) is 2.86. The molecule has 2 rings (SSSR count). The van der Waals surface area contributed by atoms with Crippen molar-refractivity contribution < 1.29 is 9.90 Å². The Bertz CT molecular complexity index is 358. The zero-order valence-corrected chi connectivity index (χ0v) is 9.33. The lowest BCUT2D eigenvalue weighted by molar-refractivity contribution is 0.142. The largest absolute Gasteiger partial charge is 0.465 e. The van der Waals surface area contributed by atoms with E-state index in [9.17, 15) is 4.79 Å². The third kappa shape index (κ3) is 2.04. The molecule has 1 aromatic rings. The summed E-state index contributed by atoms with van der Waals surface area (Å²) in [6.07, 6.45) is -0.823.